The molecule has 0 bridgehead atoms. The Hall–Kier alpha value is -2.06. The van der Waals surface area contributed by atoms with Crippen molar-refractivity contribution in [3.8, 4) is 5.75 Å². The average molecular weight is 296 g/mol. The van der Waals surface area contributed by atoms with Gasteiger partial charge < -0.3 is 15.5 Å². The molecular weight excluding hydrogens is 280 g/mol. The summed E-state index contributed by atoms with van der Waals surface area (Å²) in [6, 6.07) is 4.97. The van der Waals surface area contributed by atoms with E-state index in [1.807, 2.05) is 6.92 Å². The third-order valence-electron chi connectivity index (χ3n) is 2.60. The van der Waals surface area contributed by atoms with Gasteiger partial charge in [0.25, 0.3) is 10.0 Å². The summed E-state index contributed by atoms with van der Waals surface area (Å²) in [5.74, 6) is 0.652. The molecule has 7 nitrogen and oxygen atoms in total. The highest BCUT2D eigenvalue weighted by molar-refractivity contribution is 7.92. The predicted molar refractivity (Wildman–Crippen MR) is 74.9 cm³/mol. The Morgan fingerprint density at radius 3 is 2.85 bits per heavy atom. The number of hydrogen-bond donors (Lipinski definition) is 3. The summed E-state index contributed by atoms with van der Waals surface area (Å²) in [7, 11) is -3.67. The van der Waals surface area contributed by atoms with E-state index in [0.717, 1.165) is 5.56 Å². The molecule has 0 aliphatic carbocycles. The molecular formula is C12H16N4O3S. The van der Waals surface area contributed by atoms with Gasteiger partial charge in [-0.15, -0.1) is 0 Å². The maximum absolute atomic E-state index is 12.0. The zero-order valence-electron chi connectivity index (χ0n) is 11.0. The lowest BCUT2D eigenvalue weighted by molar-refractivity contribution is 0.336. The second-order valence-electron chi connectivity index (χ2n) is 3.98. The van der Waals surface area contributed by atoms with Gasteiger partial charge in [0.1, 0.15) is 5.75 Å². The van der Waals surface area contributed by atoms with Crippen molar-refractivity contribution in [2.75, 3.05) is 11.3 Å². The van der Waals surface area contributed by atoms with Crippen LogP contribution in [0.25, 0.3) is 0 Å². The van der Waals surface area contributed by atoms with Crippen LogP contribution in [-0.4, -0.2) is 25.0 Å². The second kappa shape index (κ2) is 5.93. The van der Waals surface area contributed by atoms with E-state index in [0.29, 0.717) is 18.0 Å². The Balaban J connectivity index is 2.26. The zero-order valence-corrected chi connectivity index (χ0v) is 11.8. The molecule has 0 aliphatic rings. The first-order valence-corrected chi connectivity index (χ1v) is 7.52. The molecule has 2 rings (SSSR count). The van der Waals surface area contributed by atoms with Gasteiger partial charge in [0.05, 0.1) is 19.1 Å². The average Bonchev–Trinajstić information content (AvgIpc) is 2.95. The van der Waals surface area contributed by atoms with Crippen molar-refractivity contribution < 1.29 is 13.2 Å². The highest BCUT2D eigenvalue weighted by Gasteiger charge is 2.16. The van der Waals surface area contributed by atoms with Crippen LogP contribution in [0.3, 0.4) is 0 Å². The fraction of sp³-hybridized carbons (Fsp3) is 0.250. The first-order valence-electron chi connectivity index (χ1n) is 6.04. The number of aromatic nitrogens is 2. The number of nitrogens with two attached hydrogens (primary N) is 1. The molecule has 0 spiro atoms. The molecule has 0 radical (unpaired) electrons. The molecule has 0 saturated carbocycles. The van der Waals surface area contributed by atoms with Gasteiger partial charge in [-0.25, -0.2) is 4.98 Å². The van der Waals surface area contributed by atoms with Crippen LogP contribution in [0.4, 0.5) is 5.69 Å². The fourth-order valence-electron chi connectivity index (χ4n) is 1.70. The van der Waals surface area contributed by atoms with E-state index in [1.165, 1.54) is 12.5 Å². The van der Waals surface area contributed by atoms with Crippen LogP contribution in [0, 0.1) is 0 Å². The number of aromatic amines is 1. The monoisotopic (exact) mass is 296 g/mol. The van der Waals surface area contributed by atoms with Crippen molar-refractivity contribution in [3.63, 3.8) is 0 Å². The maximum atomic E-state index is 12.0. The maximum Gasteiger partial charge on any atom is 0.278 e. The van der Waals surface area contributed by atoms with Gasteiger partial charge in [-0.05, 0) is 25.1 Å². The minimum absolute atomic E-state index is 0.000633. The highest BCUT2D eigenvalue weighted by Crippen LogP contribution is 2.24. The number of hydrogen-bond acceptors (Lipinski definition) is 5. The SMILES string of the molecule is CCOc1ccc(NS(=O)(=O)c2cnc[nH]2)cc1CN. The van der Waals surface area contributed by atoms with E-state index in [4.69, 9.17) is 10.5 Å². The third kappa shape index (κ3) is 3.09. The van der Waals surface area contributed by atoms with E-state index < -0.39 is 10.0 Å². The molecule has 8 heteroatoms. The van der Waals surface area contributed by atoms with Crippen LogP contribution in [0.1, 0.15) is 12.5 Å². The Bertz CT molecular complexity index is 668. The van der Waals surface area contributed by atoms with E-state index in [-0.39, 0.29) is 11.6 Å². The molecule has 0 unspecified atom stereocenters. The molecule has 1 aromatic heterocycles. The Kier molecular flexibility index (Phi) is 4.26. The summed E-state index contributed by atoms with van der Waals surface area (Å²) in [6.07, 6.45) is 2.54. The standard InChI is InChI=1S/C12H16N4O3S/c1-2-19-11-4-3-10(5-9(11)6-13)16-20(17,18)12-7-14-8-15-12/h3-5,7-8,16H,2,6,13H2,1H3,(H,14,15). The van der Waals surface area contributed by atoms with Crippen LogP contribution >= 0.6 is 0 Å². The van der Waals surface area contributed by atoms with E-state index in [2.05, 4.69) is 14.7 Å². The number of imidazole rings is 1. The van der Waals surface area contributed by atoms with Crippen LogP contribution in [0.5, 0.6) is 5.75 Å². The van der Waals surface area contributed by atoms with Crippen LogP contribution in [0.2, 0.25) is 0 Å². The van der Waals surface area contributed by atoms with Crippen LogP contribution in [-0.2, 0) is 16.6 Å². The first-order chi connectivity index (χ1) is 9.56. The summed E-state index contributed by atoms with van der Waals surface area (Å²) < 4.78 is 31.9. The second-order valence-corrected chi connectivity index (χ2v) is 5.63. The normalized spacial score (nSPS) is 11.3. The largest absolute Gasteiger partial charge is 0.494 e. The molecule has 4 N–H and O–H groups in total. The minimum atomic E-state index is -3.67. The first kappa shape index (κ1) is 14.4. The van der Waals surface area contributed by atoms with Gasteiger partial charge in [0.15, 0.2) is 5.03 Å². The summed E-state index contributed by atoms with van der Waals surface area (Å²) in [6.45, 7) is 2.65. The van der Waals surface area contributed by atoms with Crippen molar-refractivity contribution in [1.82, 2.24) is 9.97 Å². The summed E-state index contributed by atoms with van der Waals surface area (Å²) in [5, 5.41) is 0.000633. The smallest absolute Gasteiger partial charge is 0.278 e. The third-order valence-corrected chi connectivity index (χ3v) is 3.90. The molecule has 108 valence electrons. The summed E-state index contributed by atoms with van der Waals surface area (Å²) >= 11 is 0. The molecule has 0 saturated heterocycles. The van der Waals surface area contributed by atoms with Crippen molar-refractivity contribution in [2.24, 2.45) is 5.73 Å². The van der Waals surface area contributed by atoms with Crippen LogP contribution < -0.4 is 15.2 Å². The molecule has 0 fully saturated rings. The quantitative estimate of drug-likeness (QED) is 0.738. The molecule has 0 atom stereocenters. The molecule has 0 amide bonds. The summed E-state index contributed by atoms with van der Waals surface area (Å²) in [4.78, 5) is 6.23. The predicted octanol–water partition coefficient (Wildman–Crippen LogP) is 1.07. The molecule has 1 heterocycles. The minimum Gasteiger partial charge on any atom is -0.494 e. The molecule has 1 aromatic carbocycles. The number of nitrogens with one attached hydrogen (secondary N) is 2. The molecule has 20 heavy (non-hydrogen) atoms. The number of sulfonamides is 1. The van der Waals surface area contributed by atoms with E-state index in [9.17, 15) is 8.42 Å². The van der Waals surface area contributed by atoms with Crippen LogP contribution in [0.15, 0.2) is 35.7 Å². The van der Waals surface area contributed by atoms with Crippen molar-refractivity contribution in [1.29, 1.82) is 0 Å². The van der Waals surface area contributed by atoms with Crippen molar-refractivity contribution in [2.45, 2.75) is 18.5 Å². The van der Waals surface area contributed by atoms with Gasteiger partial charge in [-0.1, -0.05) is 0 Å². The van der Waals surface area contributed by atoms with E-state index in [1.54, 1.807) is 18.2 Å². The number of benzene rings is 1. The van der Waals surface area contributed by atoms with Gasteiger partial charge in [-0.3, -0.25) is 4.72 Å². The topological polar surface area (TPSA) is 110 Å². The molecule has 2 aromatic rings. The lowest BCUT2D eigenvalue weighted by Gasteiger charge is -2.12. The van der Waals surface area contributed by atoms with Gasteiger partial charge >= 0.3 is 0 Å². The Labute approximate surface area is 117 Å². The number of anilines is 1. The fourth-order valence-corrected chi connectivity index (χ4v) is 2.65. The van der Waals surface area contributed by atoms with Crippen molar-refractivity contribution >= 4 is 15.7 Å². The molecule has 0 aliphatic heterocycles. The van der Waals surface area contributed by atoms with Gasteiger partial charge in [0, 0.05) is 17.8 Å². The van der Waals surface area contributed by atoms with Crippen molar-refractivity contribution in [3.05, 3.63) is 36.3 Å². The number of H-pyrrole nitrogens is 1. The lowest BCUT2D eigenvalue weighted by atomic mass is 10.2. The Morgan fingerprint density at radius 1 is 1.45 bits per heavy atom. The zero-order chi connectivity index (χ0) is 14.6. The lowest BCUT2D eigenvalue weighted by Crippen LogP contribution is -2.14. The van der Waals surface area contributed by atoms with Gasteiger partial charge in [0.2, 0.25) is 0 Å². The van der Waals surface area contributed by atoms with Gasteiger partial charge in [-0.2, -0.15) is 8.42 Å². The number of nitrogens with zero attached hydrogens (tertiary/aromatic N) is 1. The highest BCUT2D eigenvalue weighted by atomic mass is 32.2. The summed E-state index contributed by atoms with van der Waals surface area (Å²) in [5.41, 5.74) is 6.79. The Morgan fingerprint density at radius 2 is 2.25 bits per heavy atom. The number of rotatable bonds is 6. The number of ether oxygens (including phenoxy) is 1. The van der Waals surface area contributed by atoms with E-state index >= 15 is 0 Å².